The van der Waals surface area contributed by atoms with Gasteiger partial charge in [0.1, 0.15) is 0 Å². The molecule has 0 unspecified atom stereocenters. The molecule has 1 aromatic carbocycles. The van der Waals surface area contributed by atoms with Crippen LogP contribution in [0.5, 0.6) is 0 Å². The lowest BCUT2D eigenvalue weighted by molar-refractivity contribution is 0.0888. The zero-order valence-corrected chi connectivity index (χ0v) is 12.8. The Labute approximate surface area is 124 Å². The lowest BCUT2D eigenvalue weighted by Crippen LogP contribution is -2.17. The highest BCUT2D eigenvalue weighted by molar-refractivity contribution is 6.31. The molecule has 3 heteroatoms. The third kappa shape index (κ3) is 2.26. The summed E-state index contributed by atoms with van der Waals surface area (Å²) in [5, 5.41) is 1.92. The second-order valence-corrected chi connectivity index (χ2v) is 6.56. The van der Waals surface area contributed by atoms with E-state index >= 15 is 0 Å². The van der Waals surface area contributed by atoms with Crippen molar-refractivity contribution >= 4 is 28.4 Å². The summed E-state index contributed by atoms with van der Waals surface area (Å²) in [7, 11) is 0. The largest absolute Gasteiger partial charge is 0.284 e. The van der Waals surface area contributed by atoms with Gasteiger partial charge in [0.2, 0.25) is 5.91 Å². The summed E-state index contributed by atoms with van der Waals surface area (Å²) in [6.45, 7) is 4.18. The van der Waals surface area contributed by atoms with Crippen LogP contribution in [0.25, 0.3) is 10.9 Å². The van der Waals surface area contributed by atoms with Gasteiger partial charge in [-0.25, -0.2) is 0 Å². The molecule has 0 N–H and O–H groups in total. The number of fused-ring (bicyclic) bond motifs is 3. The lowest BCUT2D eigenvalue weighted by atomic mass is 9.95. The average molecular weight is 290 g/mol. The summed E-state index contributed by atoms with van der Waals surface area (Å²) in [5.41, 5.74) is 3.59. The Balaban J connectivity index is 2.22. The van der Waals surface area contributed by atoms with Crippen molar-refractivity contribution in [2.45, 2.75) is 46.0 Å². The van der Waals surface area contributed by atoms with Gasteiger partial charge in [-0.05, 0) is 55.4 Å². The number of aromatic nitrogens is 1. The number of aryl methyl sites for hydroxylation is 1. The molecule has 0 fully saturated rings. The fourth-order valence-corrected chi connectivity index (χ4v) is 3.41. The summed E-state index contributed by atoms with van der Waals surface area (Å²) in [6, 6.07) is 5.89. The highest BCUT2D eigenvalue weighted by Gasteiger charge is 2.23. The minimum absolute atomic E-state index is 0.218. The third-order valence-corrected chi connectivity index (χ3v) is 4.30. The molecule has 0 aliphatic heterocycles. The smallest absolute Gasteiger partial charge is 0.231 e. The Hall–Kier alpha value is -1.28. The van der Waals surface area contributed by atoms with Crippen molar-refractivity contribution in [3.05, 3.63) is 34.5 Å². The van der Waals surface area contributed by atoms with Crippen LogP contribution in [0.4, 0.5) is 0 Å². The molecule has 0 spiro atoms. The van der Waals surface area contributed by atoms with Gasteiger partial charge in [0.15, 0.2) is 0 Å². The van der Waals surface area contributed by atoms with Crippen molar-refractivity contribution in [2.75, 3.05) is 0 Å². The Morgan fingerprint density at radius 3 is 2.80 bits per heavy atom. The SMILES string of the molecule is CC(C)CC(=O)n1c2c(c3cc(Cl)ccc31)CCCC2. The molecule has 0 amide bonds. The van der Waals surface area contributed by atoms with Gasteiger partial charge in [-0.15, -0.1) is 0 Å². The first-order chi connectivity index (χ1) is 9.58. The number of nitrogens with zero attached hydrogens (tertiary/aromatic N) is 1. The molecular weight excluding hydrogens is 270 g/mol. The molecule has 0 bridgehead atoms. The van der Waals surface area contributed by atoms with Crippen LogP contribution in [0.2, 0.25) is 5.02 Å². The van der Waals surface area contributed by atoms with E-state index < -0.39 is 0 Å². The zero-order chi connectivity index (χ0) is 14.3. The molecule has 0 saturated carbocycles. The molecule has 2 aromatic rings. The van der Waals surface area contributed by atoms with Crippen LogP contribution in [0.15, 0.2) is 18.2 Å². The van der Waals surface area contributed by atoms with E-state index in [9.17, 15) is 4.79 Å². The van der Waals surface area contributed by atoms with Crippen LogP contribution in [-0.2, 0) is 12.8 Å². The van der Waals surface area contributed by atoms with Gasteiger partial charge in [-0.1, -0.05) is 25.4 Å². The molecule has 0 saturated heterocycles. The molecule has 3 rings (SSSR count). The first-order valence-corrected chi connectivity index (χ1v) is 7.80. The summed E-state index contributed by atoms with van der Waals surface area (Å²) < 4.78 is 1.96. The normalized spacial score (nSPS) is 14.8. The van der Waals surface area contributed by atoms with E-state index in [-0.39, 0.29) is 5.91 Å². The summed E-state index contributed by atoms with van der Waals surface area (Å²) in [4.78, 5) is 12.6. The number of hydrogen-bond acceptors (Lipinski definition) is 1. The summed E-state index contributed by atoms with van der Waals surface area (Å²) >= 11 is 6.14. The Kier molecular flexibility index (Phi) is 3.59. The number of hydrogen-bond donors (Lipinski definition) is 0. The van der Waals surface area contributed by atoms with Gasteiger partial charge < -0.3 is 0 Å². The lowest BCUT2D eigenvalue weighted by Gasteiger charge is -2.15. The van der Waals surface area contributed by atoms with Crippen molar-refractivity contribution in [1.29, 1.82) is 0 Å². The number of benzene rings is 1. The number of carbonyl (C=O) groups is 1. The van der Waals surface area contributed by atoms with Gasteiger partial charge in [0, 0.05) is 22.5 Å². The monoisotopic (exact) mass is 289 g/mol. The molecule has 1 aliphatic carbocycles. The zero-order valence-electron chi connectivity index (χ0n) is 12.1. The van der Waals surface area contributed by atoms with Crippen molar-refractivity contribution in [1.82, 2.24) is 4.57 Å². The van der Waals surface area contributed by atoms with Crippen molar-refractivity contribution in [3.63, 3.8) is 0 Å². The van der Waals surface area contributed by atoms with Crippen molar-refractivity contribution < 1.29 is 4.79 Å². The molecule has 20 heavy (non-hydrogen) atoms. The Morgan fingerprint density at radius 1 is 1.30 bits per heavy atom. The Bertz CT molecular complexity index is 669. The van der Waals surface area contributed by atoms with Crippen LogP contribution in [0.1, 0.15) is 49.2 Å². The van der Waals surface area contributed by atoms with Crippen LogP contribution < -0.4 is 0 Å². The number of halogens is 1. The second-order valence-electron chi connectivity index (χ2n) is 6.12. The highest BCUT2D eigenvalue weighted by Crippen LogP contribution is 2.34. The maximum Gasteiger partial charge on any atom is 0.231 e. The molecule has 0 atom stereocenters. The predicted molar refractivity (Wildman–Crippen MR) is 83.7 cm³/mol. The first-order valence-electron chi connectivity index (χ1n) is 7.43. The highest BCUT2D eigenvalue weighted by atomic mass is 35.5. The predicted octanol–water partition coefficient (Wildman–Crippen LogP) is 4.86. The van der Waals surface area contributed by atoms with E-state index in [1.807, 2.05) is 22.8 Å². The standard InChI is InChI=1S/C17H20ClNO/c1-11(2)9-17(20)19-15-6-4-3-5-13(15)14-10-12(18)7-8-16(14)19/h7-8,10-11H,3-6,9H2,1-2H3. The van der Waals surface area contributed by atoms with Crippen LogP contribution in [0.3, 0.4) is 0 Å². The van der Waals surface area contributed by atoms with E-state index in [1.165, 1.54) is 29.5 Å². The first kappa shape index (κ1) is 13.7. The molecule has 1 aromatic heterocycles. The third-order valence-electron chi connectivity index (χ3n) is 4.07. The molecule has 1 aliphatic rings. The van der Waals surface area contributed by atoms with Gasteiger partial charge in [0.05, 0.1) is 5.52 Å². The van der Waals surface area contributed by atoms with E-state index in [2.05, 4.69) is 13.8 Å². The van der Waals surface area contributed by atoms with E-state index in [1.54, 1.807) is 0 Å². The minimum Gasteiger partial charge on any atom is -0.284 e. The number of rotatable bonds is 2. The summed E-state index contributed by atoms with van der Waals surface area (Å²) in [5.74, 6) is 0.599. The quantitative estimate of drug-likeness (QED) is 0.774. The van der Waals surface area contributed by atoms with Crippen LogP contribution in [-0.4, -0.2) is 10.5 Å². The molecule has 106 valence electrons. The molecular formula is C17H20ClNO. The average Bonchev–Trinajstić information content (AvgIpc) is 2.72. The summed E-state index contributed by atoms with van der Waals surface area (Å²) in [6.07, 6.45) is 5.04. The fraction of sp³-hybridized carbons (Fsp3) is 0.471. The van der Waals surface area contributed by atoms with Gasteiger partial charge in [-0.2, -0.15) is 0 Å². The maximum atomic E-state index is 12.6. The molecule has 2 nitrogen and oxygen atoms in total. The Morgan fingerprint density at radius 2 is 2.05 bits per heavy atom. The topological polar surface area (TPSA) is 22.0 Å². The van der Waals surface area contributed by atoms with Gasteiger partial charge in [0.25, 0.3) is 0 Å². The van der Waals surface area contributed by atoms with E-state index in [0.717, 1.165) is 23.4 Å². The number of carbonyl (C=O) groups excluding carboxylic acids is 1. The minimum atomic E-state index is 0.218. The molecule has 0 radical (unpaired) electrons. The van der Waals surface area contributed by atoms with Crippen LogP contribution in [0, 0.1) is 5.92 Å². The van der Waals surface area contributed by atoms with E-state index in [0.29, 0.717) is 12.3 Å². The van der Waals surface area contributed by atoms with Gasteiger partial charge in [-0.3, -0.25) is 9.36 Å². The second kappa shape index (κ2) is 5.25. The fourth-order valence-electron chi connectivity index (χ4n) is 3.24. The van der Waals surface area contributed by atoms with Gasteiger partial charge >= 0.3 is 0 Å². The van der Waals surface area contributed by atoms with E-state index in [4.69, 9.17) is 11.6 Å². The molecule has 1 heterocycles. The van der Waals surface area contributed by atoms with Crippen molar-refractivity contribution in [3.8, 4) is 0 Å². The maximum absolute atomic E-state index is 12.6. The van der Waals surface area contributed by atoms with Crippen molar-refractivity contribution in [2.24, 2.45) is 5.92 Å². The van der Waals surface area contributed by atoms with Crippen LogP contribution >= 0.6 is 11.6 Å².